The van der Waals surface area contributed by atoms with Crippen LogP contribution in [0.1, 0.15) is 10.4 Å². The van der Waals surface area contributed by atoms with Crippen LogP contribution >= 0.6 is 24.8 Å². The molecule has 0 radical (unpaired) electrons. The largest absolute Gasteiger partial charge is 0.369 e. The van der Waals surface area contributed by atoms with E-state index in [0.29, 0.717) is 5.56 Å². The van der Waals surface area contributed by atoms with Crippen molar-refractivity contribution in [2.24, 2.45) is 5.73 Å². The van der Waals surface area contributed by atoms with E-state index in [1.54, 1.807) is 38.4 Å². The molecule has 0 unspecified atom stereocenters. The van der Waals surface area contributed by atoms with Gasteiger partial charge in [-0.15, -0.1) is 24.8 Å². The van der Waals surface area contributed by atoms with Gasteiger partial charge in [0.25, 0.3) is 5.91 Å². The van der Waals surface area contributed by atoms with E-state index >= 15 is 0 Å². The minimum atomic E-state index is -0.312. The molecule has 3 N–H and O–H groups in total. The lowest BCUT2D eigenvalue weighted by molar-refractivity contribution is 0.0524. The Morgan fingerprint density at radius 1 is 1.18 bits per heavy atom. The monoisotopic (exact) mass is 278 g/mol. The molecule has 0 heterocycles. The average molecular weight is 279 g/mol. The van der Waals surface area contributed by atoms with E-state index in [-0.39, 0.29) is 36.7 Å². The Morgan fingerprint density at radius 2 is 1.65 bits per heavy atom. The number of amides is 1. The van der Waals surface area contributed by atoms with E-state index in [4.69, 9.17) is 11.1 Å². The van der Waals surface area contributed by atoms with Crippen LogP contribution < -0.4 is 5.73 Å². The molecule has 17 heavy (non-hydrogen) atoms. The number of nitrogens with zero attached hydrogens (tertiary/aromatic N) is 2. The molecular weight excluding hydrogens is 263 g/mol. The van der Waals surface area contributed by atoms with Crippen LogP contribution in [0.15, 0.2) is 30.3 Å². The zero-order valence-corrected chi connectivity index (χ0v) is 11.2. The molecular formula is C10H16Cl2N4O. The van der Waals surface area contributed by atoms with Crippen LogP contribution in [0.2, 0.25) is 0 Å². The summed E-state index contributed by atoms with van der Waals surface area (Å²) in [7, 11) is 3.31. The molecule has 1 amide bonds. The van der Waals surface area contributed by atoms with Crippen molar-refractivity contribution in [2.75, 3.05) is 14.1 Å². The molecule has 0 spiro atoms. The topological polar surface area (TPSA) is 73.4 Å². The van der Waals surface area contributed by atoms with Gasteiger partial charge in [0.05, 0.1) is 0 Å². The Morgan fingerprint density at radius 3 is 2.00 bits per heavy atom. The first-order valence-electron chi connectivity index (χ1n) is 4.45. The van der Waals surface area contributed by atoms with Crippen LogP contribution in [0.3, 0.4) is 0 Å². The Hall–Kier alpha value is -1.30. The molecule has 0 fully saturated rings. The molecule has 0 saturated heterocycles. The number of carbonyl (C=O) groups is 1. The first kappa shape index (κ1) is 18.1. The van der Waals surface area contributed by atoms with Gasteiger partial charge in [-0.2, -0.15) is 0 Å². The van der Waals surface area contributed by atoms with E-state index in [2.05, 4.69) is 0 Å². The molecule has 0 aliphatic rings. The molecule has 5 nitrogen and oxygen atoms in total. The lowest BCUT2D eigenvalue weighted by atomic mass is 10.2. The van der Waals surface area contributed by atoms with E-state index in [1.165, 1.54) is 5.01 Å². The van der Waals surface area contributed by atoms with Gasteiger partial charge in [0.15, 0.2) is 0 Å². The SMILES string of the molecule is CN(C)N(C(=N)N)C(=O)c1ccccc1.Cl.Cl. The highest BCUT2D eigenvalue weighted by molar-refractivity contribution is 6.03. The van der Waals surface area contributed by atoms with Gasteiger partial charge in [-0.1, -0.05) is 18.2 Å². The molecule has 0 saturated carbocycles. The zero-order chi connectivity index (χ0) is 11.4. The summed E-state index contributed by atoms with van der Waals surface area (Å²) in [6.07, 6.45) is 0. The van der Waals surface area contributed by atoms with Gasteiger partial charge < -0.3 is 5.73 Å². The summed E-state index contributed by atoms with van der Waals surface area (Å²) in [6.45, 7) is 0. The molecule has 1 rings (SSSR count). The number of nitrogens with two attached hydrogens (primary N) is 1. The van der Waals surface area contributed by atoms with Crippen LogP contribution in [0.25, 0.3) is 0 Å². The third kappa shape index (κ3) is 4.60. The summed E-state index contributed by atoms with van der Waals surface area (Å²) in [4.78, 5) is 11.9. The zero-order valence-electron chi connectivity index (χ0n) is 9.58. The second-order valence-corrected chi connectivity index (χ2v) is 3.22. The highest BCUT2D eigenvalue weighted by Crippen LogP contribution is 2.04. The maximum atomic E-state index is 11.9. The third-order valence-corrected chi connectivity index (χ3v) is 1.84. The van der Waals surface area contributed by atoms with Gasteiger partial charge >= 0.3 is 0 Å². The summed E-state index contributed by atoms with van der Waals surface area (Å²) in [6, 6.07) is 8.72. The quantitative estimate of drug-likeness (QED) is 0.487. The number of halogens is 2. The van der Waals surface area contributed by atoms with Crippen molar-refractivity contribution in [1.82, 2.24) is 10.0 Å². The summed E-state index contributed by atoms with van der Waals surface area (Å²) in [5, 5.41) is 9.87. The fraction of sp³-hybridized carbons (Fsp3) is 0.200. The van der Waals surface area contributed by atoms with Gasteiger partial charge in [-0.3, -0.25) is 10.2 Å². The van der Waals surface area contributed by atoms with Crippen LogP contribution in [-0.2, 0) is 0 Å². The fourth-order valence-electron chi connectivity index (χ4n) is 1.21. The van der Waals surface area contributed by atoms with E-state index in [9.17, 15) is 4.79 Å². The molecule has 0 aliphatic carbocycles. The molecule has 0 aromatic heterocycles. The summed E-state index contributed by atoms with van der Waals surface area (Å²) in [5.41, 5.74) is 5.82. The maximum absolute atomic E-state index is 11.9. The lowest BCUT2D eigenvalue weighted by Crippen LogP contribution is -2.49. The minimum absolute atomic E-state index is 0. The molecule has 0 atom stereocenters. The smallest absolute Gasteiger partial charge is 0.275 e. The van der Waals surface area contributed by atoms with Crippen molar-refractivity contribution in [3.8, 4) is 0 Å². The molecule has 96 valence electrons. The second-order valence-electron chi connectivity index (χ2n) is 3.22. The Labute approximate surface area is 113 Å². The number of hydrazine groups is 1. The molecule has 0 bridgehead atoms. The Balaban J connectivity index is 0. The van der Waals surface area contributed by atoms with Crippen molar-refractivity contribution in [1.29, 1.82) is 5.41 Å². The van der Waals surface area contributed by atoms with Crippen LogP contribution in [-0.4, -0.2) is 36.0 Å². The first-order chi connectivity index (χ1) is 7.04. The van der Waals surface area contributed by atoms with E-state index < -0.39 is 0 Å². The summed E-state index contributed by atoms with van der Waals surface area (Å²) >= 11 is 0. The summed E-state index contributed by atoms with van der Waals surface area (Å²) in [5.74, 6) is -0.609. The van der Waals surface area contributed by atoms with Gasteiger partial charge in [0.1, 0.15) is 0 Å². The number of guanidine groups is 1. The highest BCUT2D eigenvalue weighted by atomic mass is 35.5. The number of nitrogens with one attached hydrogen (secondary N) is 1. The predicted molar refractivity (Wildman–Crippen MR) is 72.7 cm³/mol. The number of carbonyl (C=O) groups excluding carboxylic acids is 1. The normalized spacial score (nSPS) is 8.88. The standard InChI is InChI=1S/C10H14N4O.2ClH/c1-13(2)14(10(11)12)9(15)8-6-4-3-5-7-8;;/h3-7H,1-2H3,(H3,11,12);2*1H. The number of benzene rings is 1. The van der Waals surface area contributed by atoms with E-state index in [1.807, 2.05) is 6.07 Å². The van der Waals surface area contributed by atoms with Crippen LogP contribution in [0.5, 0.6) is 0 Å². The Bertz CT molecular complexity index is 370. The van der Waals surface area contributed by atoms with Gasteiger partial charge in [0, 0.05) is 19.7 Å². The number of hydrogen-bond acceptors (Lipinski definition) is 3. The Kier molecular flexibility index (Phi) is 8.39. The van der Waals surface area contributed by atoms with Gasteiger partial charge in [-0.05, 0) is 12.1 Å². The first-order valence-corrected chi connectivity index (χ1v) is 4.45. The predicted octanol–water partition coefficient (Wildman–Crippen LogP) is 1.34. The van der Waals surface area contributed by atoms with E-state index in [0.717, 1.165) is 5.01 Å². The molecule has 1 aromatic carbocycles. The van der Waals surface area contributed by atoms with Gasteiger partial charge in [0.2, 0.25) is 5.96 Å². The van der Waals surface area contributed by atoms with Crippen molar-refractivity contribution in [3.63, 3.8) is 0 Å². The number of rotatable bonds is 2. The fourth-order valence-corrected chi connectivity index (χ4v) is 1.21. The summed E-state index contributed by atoms with van der Waals surface area (Å²) < 4.78 is 0. The van der Waals surface area contributed by atoms with Crippen LogP contribution in [0, 0.1) is 5.41 Å². The molecule has 1 aromatic rings. The average Bonchev–Trinajstić information content (AvgIpc) is 2.18. The van der Waals surface area contributed by atoms with Gasteiger partial charge in [-0.25, -0.2) is 10.0 Å². The van der Waals surface area contributed by atoms with Crippen molar-refractivity contribution < 1.29 is 4.79 Å². The minimum Gasteiger partial charge on any atom is -0.369 e. The number of hydrogen-bond donors (Lipinski definition) is 2. The third-order valence-electron chi connectivity index (χ3n) is 1.84. The van der Waals surface area contributed by atoms with Crippen molar-refractivity contribution >= 4 is 36.7 Å². The maximum Gasteiger partial charge on any atom is 0.275 e. The second kappa shape index (κ2) is 7.89. The highest BCUT2D eigenvalue weighted by Gasteiger charge is 2.19. The van der Waals surface area contributed by atoms with Crippen molar-refractivity contribution in [2.45, 2.75) is 0 Å². The molecule has 7 heteroatoms. The lowest BCUT2D eigenvalue weighted by Gasteiger charge is -2.26. The van der Waals surface area contributed by atoms with Crippen LogP contribution in [0.4, 0.5) is 0 Å². The molecule has 0 aliphatic heterocycles. The van der Waals surface area contributed by atoms with Crippen molar-refractivity contribution in [3.05, 3.63) is 35.9 Å².